The first-order chi connectivity index (χ1) is 14.2. The second kappa shape index (κ2) is 7.57. The minimum atomic E-state index is -0.537. The van der Waals surface area contributed by atoms with E-state index in [0.717, 1.165) is 47.8 Å². The first-order valence-corrected chi connectivity index (χ1v) is 10.8. The van der Waals surface area contributed by atoms with E-state index in [9.17, 15) is 5.11 Å². The van der Waals surface area contributed by atoms with Gasteiger partial charge in [-0.2, -0.15) is 0 Å². The van der Waals surface area contributed by atoms with Crippen LogP contribution in [0.5, 0.6) is 0 Å². The second-order valence-electron chi connectivity index (χ2n) is 7.53. The molecule has 1 unspecified atom stereocenters. The van der Waals surface area contributed by atoms with Gasteiger partial charge in [-0.05, 0) is 37.3 Å². The predicted octanol–water partition coefficient (Wildman–Crippen LogP) is 4.34. The van der Waals surface area contributed by atoms with E-state index in [2.05, 4.69) is 50.2 Å². The van der Waals surface area contributed by atoms with Gasteiger partial charge in [-0.3, -0.25) is 0 Å². The third kappa shape index (κ3) is 3.52. The lowest BCUT2D eigenvalue weighted by molar-refractivity contribution is 0.0856. The number of aliphatic hydroxyl groups is 1. The summed E-state index contributed by atoms with van der Waals surface area (Å²) in [4.78, 5) is 21.3. The maximum absolute atomic E-state index is 10.6. The van der Waals surface area contributed by atoms with Gasteiger partial charge in [0.2, 0.25) is 0 Å². The molecule has 7 heteroatoms. The van der Waals surface area contributed by atoms with Gasteiger partial charge in [0.05, 0.1) is 5.39 Å². The second-order valence-corrected chi connectivity index (χ2v) is 8.56. The fourth-order valence-corrected chi connectivity index (χ4v) is 5.16. The molecule has 0 radical (unpaired) electrons. The molecule has 5 rings (SSSR count). The van der Waals surface area contributed by atoms with E-state index >= 15 is 0 Å². The molecule has 6 nitrogen and oxygen atoms in total. The lowest BCUT2D eigenvalue weighted by Crippen LogP contribution is -2.36. The number of aromatic amines is 1. The molecule has 29 heavy (non-hydrogen) atoms. The highest BCUT2D eigenvalue weighted by Gasteiger charge is 2.29. The number of aryl methyl sites for hydroxylation is 1. The number of fused-ring (bicyclic) bond motifs is 1. The number of hydrogen-bond donors (Lipinski definition) is 2. The Balaban J connectivity index is 1.41. The highest BCUT2D eigenvalue weighted by atomic mass is 32.1. The van der Waals surface area contributed by atoms with Gasteiger partial charge in [0.1, 0.15) is 28.4 Å². The minimum Gasteiger partial charge on any atom is -0.385 e. The van der Waals surface area contributed by atoms with Crippen molar-refractivity contribution >= 4 is 27.4 Å². The van der Waals surface area contributed by atoms with Crippen LogP contribution in [0.4, 0.5) is 5.82 Å². The van der Waals surface area contributed by atoms with E-state index in [0.29, 0.717) is 5.82 Å². The summed E-state index contributed by atoms with van der Waals surface area (Å²) in [7, 11) is 0. The molecule has 1 aromatic carbocycles. The van der Waals surface area contributed by atoms with Crippen LogP contribution in [-0.2, 0) is 0 Å². The van der Waals surface area contributed by atoms with Gasteiger partial charge in [-0.1, -0.05) is 30.3 Å². The molecule has 0 bridgehead atoms. The fourth-order valence-electron chi connectivity index (χ4n) is 4.09. The molecule has 1 saturated heterocycles. The molecule has 1 aliphatic rings. The Morgan fingerprint density at radius 2 is 1.97 bits per heavy atom. The van der Waals surface area contributed by atoms with Gasteiger partial charge in [-0.15, -0.1) is 11.3 Å². The van der Waals surface area contributed by atoms with Crippen molar-refractivity contribution in [1.29, 1.82) is 0 Å². The molecule has 148 valence electrons. The fraction of sp³-hybridized carbons (Fsp3) is 0.318. The standard InChI is InChI=1S/C22H23N5OS/c1-14-25-21(17-13-18(29-22(17)26-14)15-5-3-2-4-6-15)27-11-7-16(8-12-27)19(28)20-23-9-10-24-20/h2-6,9-10,13,16,19,28H,7-8,11-12H2,1H3,(H,23,24). The van der Waals surface area contributed by atoms with Gasteiger partial charge < -0.3 is 15.0 Å². The van der Waals surface area contributed by atoms with Crippen molar-refractivity contribution in [1.82, 2.24) is 19.9 Å². The average molecular weight is 406 g/mol. The summed E-state index contributed by atoms with van der Waals surface area (Å²) in [5, 5.41) is 11.7. The number of nitrogens with one attached hydrogen (secondary N) is 1. The van der Waals surface area contributed by atoms with Crippen molar-refractivity contribution in [2.45, 2.75) is 25.9 Å². The van der Waals surface area contributed by atoms with Crippen LogP contribution in [0, 0.1) is 12.8 Å². The van der Waals surface area contributed by atoms with Crippen LogP contribution < -0.4 is 4.90 Å². The van der Waals surface area contributed by atoms with Crippen LogP contribution in [-0.4, -0.2) is 38.1 Å². The number of anilines is 1. The summed E-state index contributed by atoms with van der Waals surface area (Å²) in [5.41, 5.74) is 1.21. The molecular weight excluding hydrogens is 382 g/mol. The zero-order valence-electron chi connectivity index (χ0n) is 16.2. The Morgan fingerprint density at radius 1 is 1.17 bits per heavy atom. The molecule has 0 spiro atoms. The summed E-state index contributed by atoms with van der Waals surface area (Å²) >= 11 is 1.72. The predicted molar refractivity (Wildman–Crippen MR) is 116 cm³/mol. The maximum Gasteiger partial charge on any atom is 0.141 e. The SMILES string of the molecule is Cc1nc(N2CCC(C(O)c3ncc[nH]3)CC2)c2cc(-c3ccccc3)sc2n1. The van der Waals surface area contributed by atoms with Gasteiger partial charge in [0.15, 0.2) is 0 Å². The smallest absolute Gasteiger partial charge is 0.141 e. The largest absolute Gasteiger partial charge is 0.385 e. The van der Waals surface area contributed by atoms with Crippen molar-refractivity contribution in [2.24, 2.45) is 5.92 Å². The van der Waals surface area contributed by atoms with Crippen LogP contribution >= 0.6 is 11.3 Å². The van der Waals surface area contributed by atoms with Gasteiger partial charge >= 0.3 is 0 Å². The molecule has 0 aliphatic carbocycles. The molecule has 1 fully saturated rings. The topological polar surface area (TPSA) is 77.9 Å². The van der Waals surface area contributed by atoms with Crippen molar-refractivity contribution in [3.63, 3.8) is 0 Å². The number of piperidine rings is 1. The quantitative estimate of drug-likeness (QED) is 0.528. The molecule has 1 aliphatic heterocycles. The first-order valence-electron chi connectivity index (χ1n) is 9.95. The van der Waals surface area contributed by atoms with Crippen LogP contribution in [0.2, 0.25) is 0 Å². The lowest BCUT2D eigenvalue weighted by Gasteiger charge is -2.34. The van der Waals surface area contributed by atoms with Crippen LogP contribution in [0.15, 0.2) is 48.8 Å². The Hall–Kier alpha value is -2.77. The number of aromatic nitrogens is 4. The lowest BCUT2D eigenvalue weighted by atomic mass is 9.90. The van der Waals surface area contributed by atoms with Crippen molar-refractivity contribution in [3.05, 3.63) is 60.4 Å². The molecule has 4 heterocycles. The van der Waals surface area contributed by atoms with E-state index in [1.807, 2.05) is 13.0 Å². The number of thiophene rings is 1. The third-order valence-corrected chi connectivity index (χ3v) is 6.71. The molecule has 3 aromatic heterocycles. The van der Waals surface area contributed by atoms with Crippen LogP contribution in [0.25, 0.3) is 20.7 Å². The Kier molecular flexibility index (Phi) is 4.77. The average Bonchev–Trinajstić information content (AvgIpc) is 3.43. The van der Waals surface area contributed by atoms with Crippen LogP contribution in [0.1, 0.15) is 30.6 Å². The van der Waals surface area contributed by atoms with E-state index in [1.54, 1.807) is 23.7 Å². The summed E-state index contributed by atoms with van der Waals surface area (Å²) in [6, 6.07) is 12.6. The number of nitrogens with zero attached hydrogens (tertiary/aromatic N) is 4. The Labute approximate surface area is 173 Å². The molecule has 1 atom stereocenters. The Morgan fingerprint density at radius 3 is 2.69 bits per heavy atom. The summed E-state index contributed by atoms with van der Waals surface area (Å²) < 4.78 is 0. The molecule has 0 saturated carbocycles. The normalized spacial score (nSPS) is 16.4. The van der Waals surface area contributed by atoms with E-state index < -0.39 is 6.10 Å². The van der Waals surface area contributed by atoms with E-state index in [-0.39, 0.29) is 5.92 Å². The number of H-pyrrole nitrogens is 1. The van der Waals surface area contributed by atoms with Crippen molar-refractivity contribution < 1.29 is 5.11 Å². The summed E-state index contributed by atoms with van der Waals surface area (Å²) in [6.07, 6.45) is 4.72. The molecule has 2 N–H and O–H groups in total. The summed E-state index contributed by atoms with van der Waals surface area (Å²) in [5.74, 6) is 2.68. The first kappa shape index (κ1) is 18.3. The van der Waals surface area contributed by atoms with Gasteiger partial charge in [-0.25, -0.2) is 15.0 Å². The molecule has 4 aromatic rings. The zero-order valence-corrected chi connectivity index (χ0v) is 17.1. The van der Waals surface area contributed by atoms with Gasteiger partial charge in [0, 0.05) is 30.4 Å². The van der Waals surface area contributed by atoms with E-state index in [4.69, 9.17) is 4.98 Å². The molecule has 0 amide bonds. The highest BCUT2D eigenvalue weighted by molar-refractivity contribution is 7.21. The van der Waals surface area contributed by atoms with Crippen molar-refractivity contribution in [3.8, 4) is 10.4 Å². The zero-order chi connectivity index (χ0) is 19.8. The highest BCUT2D eigenvalue weighted by Crippen LogP contribution is 2.38. The monoisotopic (exact) mass is 405 g/mol. The van der Waals surface area contributed by atoms with E-state index in [1.165, 1.54) is 10.4 Å². The maximum atomic E-state index is 10.6. The molecular formula is C22H23N5OS. The Bertz CT molecular complexity index is 1100. The minimum absolute atomic E-state index is 0.207. The summed E-state index contributed by atoms with van der Waals surface area (Å²) in [6.45, 7) is 3.69. The number of benzene rings is 1. The number of hydrogen-bond acceptors (Lipinski definition) is 6. The number of rotatable bonds is 4. The number of imidazole rings is 1. The van der Waals surface area contributed by atoms with Crippen LogP contribution in [0.3, 0.4) is 0 Å². The third-order valence-electron chi connectivity index (χ3n) is 5.63. The number of aliphatic hydroxyl groups excluding tert-OH is 1. The van der Waals surface area contributed by atoms with Crippen molar-refractivity contribution in [2.75, 3.05) is 18.0 Å². The van der Waals surface area contributed by atoms with Gasteiger partial charge in [0.25, 0.3) is 0 Å².